The number of amides is 1. The lowest BCUT2D eigenvalue weighted by Gasteiger charge is -2.34. The topological polar surface area (TPSA) is 79.0 Å². The fraction of sp³-hybridized carbons (Fsp3) is 0.458. The van der Waals surface area contributed by atoms with E-state index < -0.39 is 10.0 Å². The Morgan fingerprint density at radius 1 is 1.09 bits per heavy atom. The molecule has 0 aromatic heterocycles. The van der Waals surface area contributed by atoms with Gasteiger partial charge in [-0.3, -0.25) is 4.79 Å². The van der Waals surface area contributed by atoms with E-state index in [1.807, 2.05) is 26.0 Å². The number of nitrogens with one attached hydrogen (secondary N) is 1. The number of carbonyl (C=O) groups excluding carboxylic acids is 1. The molecule has 0 saturated carbocycles. The first-order valence-electron chi connectivity index (χ1n) is 11.1. The van der Waals surface area contributed by atoms with Crippen molar-refractivity contribution in [2.45, 2.75) is 44.8 Å². The van der Waals surface area contributed by atoms with E-state index in [-0.39, 0.29) is 23.0 Å². The minimum absolute atomic E-state index is 0.152. The molecule has 2 atom stereocenters. The van der Waals surface area contributed by atoms with Crippen LogP contribution in [-0.4, -0.2) is 63.6 Å². The summed E-state index contributed by atoms with van der Waals surface area (Å²) in [6, 6.07) is 14.3. The minimum atomic E-state index is -3.62. The summed E-state index contributed by atoms with van der Waals surface area (Å²) in [7, 11) is -3.62. The van der Waals surface area contributed by atoms with Gasteiger partial charge in [-0.2, -0.15) is 4.31 Å². The Labute approximate surface area is 191 Å². The van der Waals surface area contributed by atoms with Gasteiger partial charge in [0, 0.05) is 44.0 Å². The van der Waals surface area contributed by atoms with Gasteiger partial charge in [-0.15, -0.1) is 0 Å². The Balaban J connectivity index is 1.59. The maximum atomic E-state index is 13.0. The van der Waals surface area contributed by atoms with Crippen LogP contribution in [-0.2, 0) is 14.8 Å². The molecule has 1 saturated heterocycles. The number of para-hydroxylation sites is 1. The molecule has 1 heterocycles. The van der Waals surface area contributed by atoms with Crippen LogP contribution in [0.15, 0.2) is 53.4 Å². The van der Waals surface area contributed by atoms with E-state index in [1.165, 1.54) is 22.0 Å². The second kappa shape index (κ2) is 10.5. The fourth-order valence-corrected chi connectivity index (χ4v) is 5.62. The number of morpholine rings is 1. The van der Waals surface area contributed by atoms with E-state index in [9.17, 15) is 13.2 Å². The van der Waals surface area contributed by atoms with Gasteiger partial charge in [0.25, 0.3) is 5.91 Å². The third kappa shape index (κ3) is 5.68. The van der Waals surface area contributed by atoms with Gasteiger partial charge in [0.05, 0.1) is 17.1 Å². The summed E-state index contributed by atoms with van der Waals surface area (Å²) in [4.78, 5) is 15.0. The highest BCUT2D eigenvalue weighted by Gasteiger charge is 2.32. The van der Waals surface area contributed by atoms with Crippen molar-refractivity contribution < 1.29 is 17.9 Å². The van der Waals surface area contributed by atoms with Gasteiger partial charge in [-0.05, 0) is 63.6 Å². The number of likely N-dealkylation sites (N-methyl/N-ethyl adjacent to an activating group) is 1. The summed E-state index contributed by atoms with van der Waals surface area (Å²) >= 11 is 0. The molecule has 1 aliphatic rings. The van der Waals surface area contributed by atoms with Gasteiger partial charge >= 0.3 is 0 Å². The molecule has 2 aromatic rings. The molecule has 0 aliphatic carbocycles. The van der Waals surface area contributed by atoms with Crippen molar-refractivity contribution in [2.24, 2.45) is 0 Å². The van der Waals surface area contributed by atoms with E-state index in [0.717, 1.165) is 12.2 Å². The van der Waals surface area contributed by atoms with Crippen LogP contribution in [0.25, 0.3) is 0 Å². The molecule has 2 unspecified atom stereocenters. The summed E-state index contributed by atoms with van der Waals surface area (Å²) < 4.78 is 33.0. The van der Waals surface area contributed by atoms with Crippen LogP contribution in [0, 0.1) is 6.92 Å². The Bertz CT molecular complexity index is 1010. The van der Waals surface area contributed by atoms with Crippen LogP contribution in [0.4, 0.5) is 5.69 Å². The van der Waals surface area contributed by atoms with Crippen molar-refractivity contribution in [1.29, 1.82) is 0 Å². The number of sulfonamides is 1. The normalized spacial score (nSPS) is 19.5. The zero-order chi connectivity index (χ0) is 23.3. The number of benzene rings is 2. The monoisotopic (exact) mass is 459 g/mol. The lowest BCUT2D eigenvalue weighted by molar-refractivity contribution is -0.0440. The largest absolute Gasteiger partial charge is 0.373 e. The van der Waals surface area contributed by atoms with Crippen molar-refractivity contribution >= 4 is 21.6 Å². The molecule has 0 bridgehead atoms. The SMILES string of the molecule is CCN(CCNC(=O)c1ccc(S(=O)(=O)N2CC(C)OC(C)C2)cc1)c1ccccc1C. The molecule has 3 rings (SSSR count). The molecule has 1 N–H and O–H groups in total. The number of rotatable bonds is 8. The van der Waals surface area contributed by atoms with Crippen LogP contribution in [0.2, 0.25) is 0 Å². The molecular weight excluding hydrogens is 426 g/mol. The third-order valence-corrected chi connectivity index (χ3v) is 7.49. The molecule has 1 aliphatic heterocycles. The Hall–Kier alpha value is -2.42. The third-order valence-electron chi connectivity index (χ3n) is 5.65. The number of aryl methyl sites for hydroxylation is 1. The number of anilines is 1. The molecule has 32 heavy (non-hydrogen) atoms. The number of nitrogens with zero attached hydrogens (tertiary/aromatic N) is 2. The van der Waals surface area contributed by atoms with E-state index in [1.54, 1.807) is 12.1 Å². The zero-order valence-electron chi connectivity index (χ0n) is 19.2. The minimum Gasteiger partial charge on any atom is -0.373 e. The summed E-state index contributed by atoms with van der Waals surface area (Å²) in [6.45, 7) is 10.6. The van der Waals surface area contributed by atoms with Crippen molar-refractivity contribution in [3.63, 3.8) is 0 Å². The van der Waals surface area contributed by atoms with Crippen molar-refractivity contribution in [2.75, 3.05) is 37.6 Å². The second-order valence-corrected chi connectivity index (χ2v) is 10.2. The predicted octanol–water partition coefficient (Wildman–Crippen LogP) is 3.05. The highest BCUT2D eigenvalue weighted by molar-refractivity contribution is 7.89. The summed E-state index contributed by atoms with van der Waals surface area (Å²) in [5.41, 5.74) is 2.79. The first-order valence-corrected chi connectivity index (χ1v) is 12.5. The molecule has 1 amide bonds. The molecule has 8 heteroatoms. The predicted molar refractivity (Wildman–Crippen MR) is 127 cm³/mol. The Morgan fingerprint density at radius 2 is 1.72 bits per heavy atom. The molecule has 7 nitrogen and oxygen atoms in total. The van der Waals surface area contributed by atoms with Crippen LogP contribution in [0.1, 0.15) is 36.7 Å². The van der Waals surface area contributed by atoms with Gasteiger partial charge in [-0.25, -0.2) is 8.42 Å². The van der Waals surface area contributed by atoms with Crippen LogP contribution in [0.5, 0.6) is 0 Å². The van der Waals surface area contributed by atoms with Gasteiger partial charge in [0.1, 0.15) is 0 Å². The maximum Gasteiger partial charge on any atom is 0.251 e. The first-order chi connectivity index (χ1) is 15.2. The molecule has 2 aromatic carbocycles. The smallest absolute Gasteiger partial charge is 0.251 e. The molecule has 1 fully saturated rings. The van der Waals surface area contributed by atoms with E-state index >= 15 is 0 Å². The van der Waals surface area contributed by atoms with Gasteiger partial charge < -0.3 is 15.0 Å². The van der Waals surface area contributed by atoms with E-state index in [0.29, 0.717) is 31.7 Å². The molecule has 0 spiro atoms. The van der Waals surface area contributed by atoms with Gasteiger partial charge in [0.15, 0.2) is 0 Å². The molecule has 0 radical (unpaired) electrons. The van der Waals surface area contributed by atoms with Crippen molar-refractivity contribution in [3.05, 3.63) is 59.7 Å². The van der Waals surface area contributed by atoms with Crippen LogP contribution in [0.3, 0.4) is 0 Å². The lowest BCUT2D eigenvalue weighted by Crippen LogP contribution is -2.48. The van der Waals surface area contributed by atoms with Crippen molar-refractivity contribution in [1.82, 2.24) is 9.62 Å². The standard InChI is InChI=1S/C24H33N3O4S/c1-5-26(23-9-7-6-8-18(23)2)15-14-25-24(28)21-10-12-22(13-11-21)32(29,30)27-16-19(3)31-20(4)17-27/h6-13,19-20H,5,14-17H2,1-4H3,(H,25,28). The Morgan fingerprint density at radius 3 is 2.31 bits per heavy atom. The maximum absolute atomic E-state index is 13.0. The highest BCUT2D eigenvalue weighted by atomic mass is 32.2. The second-order valence-electron chi connectivity index (χ2n) is 8.23. The number of carbonyl (C=O) groups is 1. The van der Waals surface area contributed by atoms with Gasteiger partial charge in [0.2, 0.25) is 10.0 Å². The average molecular weight is 460 g/mol. The van der Waals surface area contributed by atoms with Crippen molar-refractivity contribution in [3.8, 4) is 0 Å². The summed E-state index contributed by atoms with van der Waals surface area (Å²) in [5, 5.41) is 2.93. The van der Waals surface area contributed by atoms with Crippen LogP contribution < -0.4 is 10.2 Å². The van der Waals surface area contributed by atoms with Gasteiger partial charge in [-0.1, -0.05) is 18.2 Å². The van der Waals surface area contributed by atoms with Crippen LogP contribution >= 0.6 is 0 Å². The summed E-state index contributed by atoms with van der Waals surface area (Å²) in [6.07, 6.45) is -0.304. The quantitative estimate of drug-likeness (QED) is 0.656. The Kier molecular flexibility index (Phi) is 7.92. The zero-order valence-corrected chi connectivity index (χ0v) is 20.1. The fourth-order valence-electron chi connectivity index (χ4n) is 4.03. The van der Waals surface area contributed by atoms with E-state index in [4.69, 9.17) is 4.74 Å². The highest BCUT2D eigenvalue weighted by Crippen LogP contribution is 2.22. The number of ether oxygens (including phenoxy) is 1. The lowest BCUT2D eigenvalue weighted by atomic mass is 10.2. The average Bonchev–Trinajstić information content (AvgIpc) is 2.77. The summed E-state index contributed by atoms with van der Waals surface area (Å²) in [5.74, 6) is -0.219. The van der Waals surface area contributed by atoms with E-state index in [2.05, 4.69) is 36.2 Å². The number of hydrogen-bond donors (Lipinski definition) is 1. The molecular formula is C24H33N3O4S. The number of hydrogen-bond acceptors (Lipinski definition) is 5. The first kappa shape index (κ1) is 24.2. The molecule has 174 valence electrons.